The molecule has 1 fully saturated rings. The van der Waals surface area contributed by atoms with Crippen molar-refractivity contribution in [3.63, 3.8) is 0 Å². The first-order valence-corrected chi connectivity index (χ1v) is 9.46. The summed E-state index contributed by atoms with van der Waals surface area (Å²) in [5, 5.41) is 0.317. The number of carbonyl (C=O) groups excluding carboxylic acids is 2. The van der Waals surface area contributed by atoms with E-state index in [9.17, 15) is 9.59 Å². The van der Waals surface area contributed by atoms with Gasteiger partial charge in [0, 0.05) is 38.5 Å². The Hall–Kier alpha value is -2.80. The second kappa shape index (κ2) is 7.31. The van der Waals surface area contributed by atoms with Crippen LogP contribution in [-0.2, 0) is 21.7 Å². The van der Waals surface area contributed by atoms with Gasteiger partial charge in [-0.3, -0.25) is 4.90 Å². The number of pyridine rings is 1. The van der Waals surface area contributed by atoms with Gasteiger partial charge in [0.25, 0.3) is 0 Å². The largest absolute Gasteiger partial charge is 0.445 e. The average Bonchev–Trinajstić information content (AvgIpc) is 2.71. The van der Waals surface area contributed by atoms with Gasteiger partial charge in [0.05, 0.1) is 0 Å². The quantitative estimate of drug-likeness (QED) is 0.712. The number of amides is 2. The third-order valence-electron chi connectivity index (χ3n) is 5.24. The first-order valence-electron chi connectivity index (χ1n) is 9.08. The third kappa shape index (κ3) is 3.38. The van der Waals surface area contributed by atoms with Gasteiger partial charge in [0.2, 0.25) is 0 Å². The van der Waals surface area contributed by atoms with Crippen molar-refractivity contribution in [3.05, 3.63) is 58.7 Å². The SMILES string of the molecule is CN1C(=O)OC2(CCN(C(=O)OCc3ccccc3)CC2)c2ccc(Cl)nc21. The number of nitrogens with zero attached hydrogens (tertiary/aromatic N) is 3. The van der Waals surface area contributed by atoms with Crippen LogP contribution in [0.3, 0.4) is 0 Å². The summed E-state index contributed by atoms with van der Waals surface area (Å²) in [5.41, 5.74) is 0.953. The Bertz CT molecular complexity index is 898. The van der Waals surface area contributed by atoms with Gasteiger partial charge in [0.15, 0.2) is 0 Å². The number of aromatic nitrogens is 1. The van der Waals surface area contributed by atoms with Gasteiger partial charge in [-0.2, -0.15) is 0 Å². The van der Waals surface area contributed by atoms with Crippen LogP contribution in [0, 0.1) is 0 Å². The summed E-state index contributed by atoms with van der Waals surface area (Å²) in [6, 6.07) is 13.1. The highest BCUT2D eigenvalue weighted by atomic mass is 35.5. The second-order valence-corrected chi connectivity index (χ2v) is 7.34. The number of anilines is 1. The van der Waals surface area contributed by atoms with Gasteiger partial charge in [-0.1, -0.05) is 41.9 Å². The van der Waals surface area contributed by atoms with Crippen molar-refractivity contribution < 1.29 is 19.1 Å². The zero-order valence-electron chi connectivity index (χ0n) is 15.4. The van der Waals surface area contributed by atoms with Crippen LogP contribution in [0.25, 0.3) is 0 Å². The molecule has 0 bridgehead atoms. The number of piperidine rings is 1. The summed E-state index contributed by atoms with van der Waals surface area (Å²) >= 11 is 6.01. The molecular weight excluding hydrogens is 382 g/mol. The van der Waals surface area contributed by atoms with Crippen LogP contribution in [0.2, 0.25) is 5.15 Å². The zero-order valence-corrected chi connectivity index (χ0v) is 16.2. The fourth-order valence-corrected chi connectivity index (χ4v) is 3.79. The lowest BCUT2D eigenvalue weighted by Gasteiger charge is -2.45. The van der Waals surface area contributed by atoms with Crippen molar-refractivity contribution in [2.24, 2.45) is 0 Å². The van der Waals surface area contributed by atoms with Crippen LogP contribution in [0.1, 0.15) is 24.0 Å². The summed E-state index contributed by atoms with van der Waals surface area (Å²) in [5.74, 6) is 0.504. The van der Waals surface area contributed by atoms with Crippen LogP contribution < -0.4 is 4.90 Å². The molecular formula is C20H20ClN3O4. The molecule has 0 unspecified atom stereocenters. The lowest BCUT2D eigenvalue weighted by molar-refractivity contribution is -0.0405. The maximum atomic E-state index is 12.4. The summed E-state index contributed by atoms with van der Waals surface area (Å²) in [6.45, 7) is 1.08. The van der Waals surface area contributed by atoms with Crippen molar-refractivity contribution in [1.82, 2.24) is 9.88 Å². The highest BCUT2D eigenvalue weighted by Crippen LogP contribution is 2.44. The summed E-state index contributed by atoms with van der Waals surface area (Å²) in [7, 11) is 1.60. The molecule has 2 aromatic rings. The molecule has 2 aliphatic rings. The molecule has 1 spiro atoms. The maximum Gasteiger partial charge on any atom is 0.416 e. The number of hydrogen-bond donors (Lipinski definition) is 0. The molecule has 3 heterocycles. The number of rotatable bonds is 2. The fraction of sp³-hybridized carbons (Fsp3) is 0.350. The number of likely N-dealkylation sites (tertiary alicyclic amines) is 1. The Labute approximate surface area is 167 Å². The minimum absolute atomic E-state index is 0.229. The molecule has 1 saturated heterocycles. The predicted octanol–water partition coefficient (Wildman–Crippen LogP) is 3.95. The molecule has 7 nitrogen and oxygen atoms in total. The van der Waals surface area contributed by atoms with Crippen molar-refractivity contribution >= 4 is 29.6 Å². The standard InChI is InChI=1S/C20H20ClN3O4/c1-23-17-15(7-8-16(21)22-17)20(28-18(23)25)9-11-24(12-10-20)19(26)27-13-14-5-3-2-4-6-14/h2-8H,9-13H2,1H3. The minimum atomic E-state index is -0.799. The molecule has 2 amide bonds. The molecule has 1 aromatic carbocycles. The fourth-order valence-electron chi connectivity index (χ4n) is 3.65. The van der Waals surface area contributed by atoms with Crippen molar-refractivity contribution in [2.75, 3.05) is 25.0 Å². The van der Waals surface area contributed by atoms with E-state index in [1.807, 2.05) is 36.4 Å². The Morgan fingerprint density at radius 1 is 1.21 bits per heavy atom. The van der Waals surface area contributed by atoms with Gasteiger partial charge < -0.3 is 14.4 Å². The number of halogens is 1. The molecule has 4 rings (SSSR count). The molecule has 0 atom stereocenters. The molecule has 146 valence electrons. The summed E-state index contributed by atoms with van der Waals surface area (Å²) in [6.07, 6.45) is 0.113. The van der Waals surface area contributed by atoms with Crippen LogP contribution in [0.4, 0.5) is 15.4 Å². The molecule has 8 heteroatoms. The predicted molar refractivity (Wildman–Crippen MR) is 103 cm³/mol. The zero-order chi connectivity index (χ0) is 19.7. The number of carbonyl (C=O) groups is 2. The van der Waals surface area contributed by atoms with Crippen LogP contribution in [-0.4, -0.2) is 42.2 Å². The smallest absolute Gasteiger partial charge is 0.416 e. The lowest BCUT2D eigenvalue weighted by Crippen LogP contribution is -2.52. The molecule has 0 aliphatic carbocycles. The van der Waals surface area contributed by atoms with Gasteiger partial charge in [-0.15, -0.1) is 0 Å². The van der Waals surface area contributed by atoms with Gasteiger partial charge in [-0.05, 0) is 17.7 Å². The molecule has 0 radical (unpaired) electrons. The van der Waals surface area contributed by atoms with E-state index in [0.29, 0.717) is 36.9 Å². The van der Waals surface area contributed by atoms with Crippen molar-refractivity contribution in [3.8, 4) is 0 Å². The minimum Gasteiger partial charge on any atom is -0.445 e. The van der Waals surface area contributed by atoms with Crippen LogP contribution >= 0.6 is 11.6 Å². The number of ether oxygens (including phenoxy) is 2. The Morgan fingerprint density at radius 3 is 2.64 bits per heavy atom. The lowest BCUT2D eigenvalue weighted by atomic mass is 9.83. The third-order valence-corrected chi connectivity index (χ3v) is 5.45. The van der Waals surface area contributed by atoms with Crippen molar-refractivity contribution in [1.29, 1.82) is 0 Å². The molecule has 28 heavy (non-hydrogen) atoms. The first kappa shape index (κ1) is 18.6. The summed E-state index contributed by atoms with van der Waals surface area (Å²) < 4.78 is 11.2. The van der Waals surface area contributed by atoms with Crippen LogP contribution in [0.5, 0.6) is 0 Å². The highest BCUT2D eigenvalue weighted by molar-refractivity contribution is 6.29. The first-order chi connectivity index (χ1) is 13.5. The summed E-state index contributed by atoms with van der Waals surface area (Å²) in [4.78, 5) is 32.0. The molecule has 0 N–H and O–H groups in total. The van der Waals surface area contributed by atoms with Gasteiger partial charge >= 0.3 is 12.2 Å². The molecule has 1 aromatic heterocycles. The Morgan fingerprint density at radius 2 is 1.93 bits per heavy atom. The molecule has 2 aliphatic heterocycles. The number of benzene rings is 1. The van der Waals surface area contributed by atoms with Crippen molar-refractivity contribution in [2.45, 2.75) is 25.0 Å². The van der Waals surface area contributed by atoms with E-state index in [1.54, 1.807) is 18.0 Å². The number of fused-ring (bicyclic) bond motifs is 2. The number of hydrogen-bond acceptors (Lipinski definition) is 5. The average molecular weight is 402 g/mol. The van der Waals surface area contributed by atoms with E-state index >= 15 is 0 Å². The normalized spacial score (nSPS) is 17.9. The Balaban J connectivity index is 1.45. The van der Waals surface area contributed by atoms with E-state index in [4.69, 9.17) is 21.1 Å². The molecule has 0 saturated carbocycles. The second-order valence-electron chi connectivity index (χ2n) is 6.95. The topological polar surface area (TPSA) is 72.0 Å². The van der Waals surface area contributed by atoms with E-state index in [1.165, 1.54) is 4.90 Å². The van der Waals surface area contributed by atoms with E-state index < -0.39 is 11.7 Å². The van der Waals surface area contributed by atoms with E-state index in [-0.39, 0.29) is 12.7 Å². The van der Waals surface area contributed by atoms with Gasteiger partial charge in [0.1, 0.15) is 23.2 Å². The van der Waals surface area contributed by atoms with Gasteiger partial charge in [-0.25, -0.2) is 14.6 Å². The maximum absolute atomic E-state index is 12.4. The Kier molecular flexibility index (Phi) is 4.85. The highest BCUT2D eigenvalue weighted by Gasteiger charge is 2.47. The van der Waals surface area contributed by atoms with E-state index in [0.717, 1.165) is 11.1 Å². The monoisotopic (exact) mass is 401 g/mol. The van der Waals surface area contributed by atoms with Crippen LogP contribution in [0.15, 0.2) is 42.5 Å². The van der Waals surface area contributed by atoms with E-state index in [2.05, 4.69) is 4.98 Å².